The lowest BCUT2D eigenvalue weighted by Gasteiger charge is -2.22. The third-order valence-corrected chi connectivity index (χ3v) is 3.51. The third-order valence-electron chi connectivity index (χ3n) is 3.51. The molecule has 1 amide bonds. The quantitative estimate of drug-likeness (QED) is 0.801. The molecule has 2 heterocycles. The number of aromatic nitrogens is 1. The molecule has 7 nitrogen and oxygen atoms in total. The van der Waals surface area contributed by atoms with Gasteiger partial charge in [-0.2, -0.15) is 0 Å². The largest absolute Gasteiger partial charge is 0.497 e. The van der Waals surface area contributed by atoms with Gasteiger partial charge in [-0.15, -0.1) is 24.8 Å². The Balaban J connectivity index is 0.00000169. The van der Waals surface area contributed by atoms with Crippen LogP contribution in [0.25, 0.3) is 0 Å². The molecule has 1 unspecified atom stereocenters. The summed E-state index contributed by atoms with van der Waals surface area (Å²) >= 11 is 0. The monoisotopic (exact) mass is 401 g/mol. The van der Waals surface area contributed by atoms with Crippen LogP contribution in [-0.4, -0.2) is 43.8 Å². The molecule has 26 heavy (non-hydrogen) atoms. The number of pyridine rings is 1. The van der Waals surface area contributed by atoms with Gasteiger partial charge in [0.15, 0.2) is 0 Å². The highest BCUT2D eigenvalue weighted by Crippen LogP contribution is 2.23. The molecule has 2 aromatic rings. The highest BCUT2D eigenvalue weighted by molar-refractivity contribution is 5.94. The van der Waals surface area contributed by atoms with Crippen molar-refractivity contribution in [1.29, 1.82) is 0 Å². The van der Waals surface area contributed by atoms with Gasteiger partial charge in [0, 0.05) is 19.2 Å². The van der Waals surface area contributed by atoms with Crippen molar-refractivity contribution in [3.63, 3.8) is 0 Å². The fraction of sp³-hybridized carbons (Fsp3) is 0.294. The van der Waals surface area contributed by atoms with Crippen LogP contribution >= 0.6 is 24.8 Å². The van der Waals surface area contributed by atoms with Crippen molar-refractivity contribution in [3.8, 4) is 17.4 Å². The summed E-state index contributed by atoms with van der Waals surface area (Å²) in [7, 11) is 1.61. The van der Waals surface area contributed by atoms with Crippen molar-refractivity contribution in [1.82, 2.24) is 10.3 Å². The number of ether oxygens (including phenoxy) is 3. The molecule has 1 aliphatic heterocycles. The van der Waals surface area contributed by atoms with Gasteiger partial charge >= 0.3 is 0 Å². The summed E-state index contributed by atoms with van der Waals surface area (Å²) in [5.41, 5.74) is 0.594. The third kappa shape index (κ3) is 6.03. The molecule has 1 saturated heterocycles. The number of benzene rings is 1. The summed E-state index contributed by atoms with van der Waals surface area (Å²) in [6.45, 7) is 1.81. The number of carbonyl (C=O) groups excluding carboxylic acids is 1. The van der Waals surface area contributed by atoms with Gasteiger partial charge in [-0.05, 0) is 30.3 Å². The zero-order chi connectivity index (χ0) is 16.8. The molecule has 0 bridgehead atoms. The Morgan fingerprint density at radius 3 is 2.50 bits per heavy atom. The van der Waals surface area contributed by atoms with Crippen LogP contribution in [0.5, 0.6) is 17.4 Å². The van der Waals surface area contributed by atoms with E-state index in [9.17, 15) is 4.79 Å². The molecule has 0 saturated carbocycles. The molecule has 9 heteroatoms. The Labute approximate surface area is 164 Å². The van der Waals surface area contributed by atoms with Gasteiger partial charge in [-0.3, -0.25) is 4.79 Å². The molecule has 1 aliphatic rings. The van der Waals surface area contributed by atoms with E-state index in [0.29, 0.717) is 30.5 Å². The number of nitrogens with zero attached hydrogens (tertiary/aromatic N) is 1. The van der Waals surface area contributed by atoms with Crippen LogP contribution in [-0.2, 0) is 9.53 Å². The molecule has 0 radical (unpaired) electrons. The van der Waals surface area contributed by atoms with E-state index in [1.54, 1.807) is 37.6 Å². The Bertz CT molecular complexity index is 677. The summed E-state index contributed by atoms with van der Waals surface area (Å²) < 4.78 is 16.1. The summed E-state index contributed by atoms with van der Waals surface area (Å²) in [5, 5.41) is 5.89. The molecular formula is C17H21Cl2N3O4. The second kappa shape index (κ2) is 10.8. The number of nitrogens with one attached hydrogen (secondary N) is 2. The van der Waals surface area contributed by atoms with E-state index >= 15 is 0 Å². The highest BCUT2D eigenvalue weighted by Gasteiger charge is 2.21. The first-order valence-electron chi connectivity index (χ1n) is 7.66. The van der Waals surface area contributed by atoms with Crippen LogP contribution in [0.4, 0.5) is 5.69 Å². The van der Waals surface area contributed by atoms with Crippen molar-refractivity contribution in [3.05, 3.63) is 42.6 Å². The Hall–Kier alpha value is -2.06. The number of hydrogen-bond donors (Lipinski definition) is 2. The summed E-state index contributed by atoms with van der Waals surface area (Å²) in [6, 6.07) is 10.6. The second-order valence-electron chi connectivity index (χ2n) is 5.22. The van der Waals surface area contributed by atoms with Crippen LogP contribution in [0.1, 0.15) is 0 Å². The van der Waals surface area contributed by atoms with Crippen LogP contribution in [0, 0.1) is 0 Å². The van der Waals surface area contributed by atoms with E-state index in [1.165, 1.54) is 0 Å². The van der Waals surface area contributed by atoms with Crippen LogP contribution < -0.4 is 20.1 Å². The van der Waals surface area contributed by atoms with Crippen molar-refractivity contribution >= 4 is 36.4 Å². The molecule has 1 atom stereocenters. The van der Waals surface area contributed by atoms with Crippen LogP contribution in [0.15, 0.2) is 42.6 Å². The smallest absolute Gasteiger partial charge is 0.254 e. The van der Waals surface area contributed by atoms with Crippen LogP contribution in [0.3, 0.4) is 0 Å². The topological polar surface area (TPSA) is 81.7 Å². The maximum absolute atomic E-state index is 12.1. The average molecular weight is 402 g/mol. The molecular weight excluding hydrogens is 381 g/mol. The van der Waals surface area contributed by atoms with Gasteiger partial charge in [0.2, 0.25) is 5.88 Å². The fourth-order valence-electron chi connectivity index (χ4n) is 2.24. The summed E-state index contributed by atoms with van der Waals surface area (Å²) in [4.78, 5) is 16.2. The maximum Gasteiger partial charge on any atom is 0.254 e. The minimum Gasteiger partial charge on any atom is -0.497 e. The Morgan fingerprint density at radius 2 is 1.92 bits per heavy atom. The first-order chi connectivity index (χ1) is 11.7. The molecule has 1 aromatic heterocycles. The van der Waals surface area contributed by atoms with Crippen molar-refractivity contribution < 1.29 is 19.0 Å². The number of rotatable bonds is 5. The van der Waals surface area contributed by atoms with E-state index in [4.69, 9.17) is 14.2 Å². The molecule has 1 aromatic carbocycles. The van der Waals surface area contributed by atoms with Crippen LogP contribution in [0.2, 0.25) is 0 Å². The first kappa shape index (κ1) is 22.0. The zero-order valence-corrected chi connectivity index (χ0v) is 15.8. The molecule has 1 fully saturated rings. The van der Waals surface area contributed by atoms with Crippen molar-refractivity contribution in [2.75, 3.05) is 32.1 Å². The lowest BCUT2D eigenvalue weighted by molar-refractivity contribution is -0.128. The Kier molecular flexibility index (Phi) is 9.15. The van der Waals surface area contributed by atoms with Gasteiger partial charge in [0.05, 0.1) is 25.6 Å². The van der Waals surface area contributed by atoms with Gasteiger partial charge in [0.1, 0.15) is 17.6 Å². The Morgan fingerprint density at radius 1 is 1.19 bits per heavy atom. The predicted octanol–water partition coefficient (Wildman–Crippen LogP) is 2.65. The molecule has 142 valence electrons. The van der Waals surface area contributed by atoms with E-state index in [1.807, 2.05) is 12.1 Å². The molecule has 2 N–H and O–H groups in total. The van der Waals surface area contributed by atoms with Gasteiger partial charge in [-0.25, -0.2) is 4.98 Å². The lowest BCUT2D eigenvalue weighted by atomic mass is 10.3. The van der Waals surface area contributed by atoms with E-state index in [0.717, 1.165) is 12.3 Å². The first-order valence-corrected chi connectivity index (χ1v) is 7.66. The molecule has 0 aliphatic carbocycles. The SMILES string of the molecule is COc1ccc(Oc2ccc(NC(=O)C3CNCCO3)cn2)cc1.Cl.Cl. The van der Waals surface area contributed by atoms with Gasteiger partial charge in [-0.1, -0.05) is 0 Å². The van der Waals surface area contributed by atoms with E-state index in [-0.39, 0.29) is 30.7 Å². The fourth-order valence-corrected chi connectivity index (χ4v) is 2.24. The number of amides is 1. The van der Waals surface area contributed by atoms with Gasteiger partial charge < -0.3 is 24.8 Å². The zero-order valence-electron chi connectivity index (χ0n) is 14.1. The lowest BCUT2D eigenvalue weighted by Crippen LogP contribution is -2.45. The maximum atomic E-state index is 12.1. The van der Waals surface area contributed by atoms with Crippen molar-refractivity contribution in [2.45, 2.75) is 6.10 Å². The number of anilines is 1. The highest BCUT2D eigenvalue weighted by atomic mass is 35.5. The normalized spacial score (nSPS) is 15.8. The number of hydrogen-bond acceptors (Lipinski definition) is 6. The minimum atomic E-state index is -0.478. The number of methoxy groups -OCH3 is 1. The number of morpholine rings is 1. The molecule has 3 rings (SSSR count). The van der Waals surface area contributed by atoms with E-state index < -0.39 is 6.10 Å². The van der Waals surface area contributed by atoms with E-state index in [2.05, 4.69) is 15.6 Å². The predicted molar refractivity (Wildman–Crippen MR) is 103 cm³/mol. The average Bonchev–Trinajstić information content (AvgIpc) is 2.65. The summed E-state index contributed by atoms with van der Waals surface area (Å²) in [6.07, 6.45) is 1.07. The molecule has 0 spiro atoms. The van der Waals surface area contributed by atoms with Gasteiger partial charge in [0.25, 0.3) is 5.91 Å². The number of carbonyl (C=O) groups is 1. The van der Waals surface area contributed by atoms with Crippen molar-refractivity contribution in [2.24, 2.45) is 0 Å². The summed E-state index contributed by atoms with van der Waals surface area (Å²) in [5.74, 6) is 1.66. The second-order valence-corrected chi connectivity index (χ2v) is 5.22. The minimum absolute atomic E-state index is 0. The number of halogens is 2. The standard InChI is InChI=1S/C17H19N3O4.2ClH/c1-22-13-3-5-14(6-4-13)24-16-7-2-12(10-19-16)20-17(21)15-11-18-8-9-23-15;;/h2-7,10,15,18H,8-9,11H2,1H3,(H,20,21);2*1H.